The van der Waals surface area contributed by atoms with E-state index >= 15 is 0 Å². The standard InChI is InChI=1S/C12H17NO3/c1-4-13(3)12(15)16-11-8-6-5-7-10(11)9(2)14/h5-9,14H,4H2,1-3H3. The molecule has 1 amide bonds. The number of carbonyl (C=O) groups excluding carboxylic acids is 1. The number of aliphatic hydroxyl groups is 1. The van der Waals surface area contributed by atoms with Crippen LogP contribution in [0.3, 0.4) is 0 Å². The highest BCUT2D eigenvalue weighted by atomic mass is 16.6. The maximum Gasteiger partial charge on any atom is 0.414 e. The molecular formula is C12H17NO3. The molecule has 0 radical (unpaired) electrons. The molecule has 0 aromatic heterocycles. The molecule has 0 heterocycles. The lowest BCUT2D eigenvalue weighted by molar-refractivity contribution is 0.160. The SMILES string of the molecule is CCN(C)C(=O)Oc1ccccc1C(C)O. The van der Waals surface area contributed by atoms with Crippen LogP contribution in [0.25, 0.3) is 0 Å². The van der Waals surface area contributed by atoms with Crippen LogP contribution >= 0.6 is 0 Å². The van der Waals surface area contributed by atoms with Crippen LogP contribution in [0.15, 0.2) is 24.3 Å². The van der Waals surface area contributed by atoms with Gasteiger partial charge in [-0.3, -0.25) is 0 Å². The molecule has 1 aromatic rings. The van der Waals surface area contributed by atoms with E-state index in [1.54, 1.807) is 38.2 Å². The van der Waals surface area contributed by atoms with E-state index in [9.17, 15) is 9.90 Å². The molecule has 1 rings (SSSR count). The van der Waals surface area contributed by atoms with Gasteiger partial charge in [0.1, 0.15) is 5.75 Å². The molecule has 0 saturated carbocycles. The number of rotatable bonds is 3. The first kappa shape index (κ1) is 12.5. The van der Waals surface area contributed by atoms with Gasteiger partial charge in [-0.2, -0.15) is 0 Å². The Kier molecular flexibility index (Phi) is 4.31. The van der Waals surface area contributed by atoms with Gasteiger partial charge < -0.3 is 14.7 Å². The van der Waals surface area contributed by atoms with Crippen LogP contribution in [0, 0.1) is 0 Å². The lowest BCUT2D eigenvalue weighted by atomic mass is 10.1. The molecule has 0 saturated heterocycles. The second kappa shape index (κ2) is 5.51. The van der Waals surface area contributed by atoms with Gasteiger partial charge in [0.25, 0.3) is 0 Å². The molecule has 0 aliphatic heterocycles. The normalized spacial score (nSPS) is 12.0. The Labute approximate surface area is 95.5 Å². The molecule has 0 spiro atoms. The first-order valence-corrected chi connectivity index (χ1v) is 5.26. The predicted molar refractivity (Wildman–Crippen MR) is 61.4 cm³/mol. The van der Waals surface area contributed by atoms with E-state index in [4.69, 9.17) is 4.74 Å². The molecule has 0 aliphatic rings. The molecule has 1 N–H and O–H groups in total. The first-order chi connectivity index (χ1) is 7.56. The van der Waals surface area contributed by atoms with Gasteiger partial charge >= 0.3 is 6.09 Å². The zero-order valence-corrected chi connectivity index (χ0v) is 9.80. The van der Waals surface area contributed by atoms with E-state index in [-0.39, 0.29) is 0 Å². The number of hydrogen-bond acceptors (Lipinski definition) is 3. The molecule has 1 aromatic carbocycles. The highest BCUT2D eigenvalue weighted by molar-refractivity contribution is 5.70. The Morgan fingerprint density at radius 2 is 2.12 bits per heavy atom. The van der Waals surface area contributed by atoms with Crippen molar-refractivity contribution in [2.24, 2.45) is 0 Å². The Morgan fingerprint density at radius 3 is 2.69 bits per heavy atom. The minimum absolute atomic E-state index is 0.405. The summed E-state index contributed by atoms with van der Waals surface area (Å²) in [6, 6.07) is 6.96. The van der Waals surface area contributed by atoms with Gasteiger partial charge in [-0.05, 0) is 19.9 Å². The largest absolute Gasteiger partial charge is 0.414 e. The number of aliphatic hydroxyl groups excluding tert-OH is 1. The molecular weight excluding hydrogens is 206 g/mol. The number of ether oxygens (including phenoxy) is 1. The van der Waals surface area contributed by atoms with Crippen molar-refractivity contribution in [3.8, 4) is 5.75 Å². The fourth-order valence-corrected chi connectivity index (χ4v) is 1.22. The van der Waals surface area contributed by atoms with Gasteiger partial charge in [0.15, 0.2) is 0 Å². The molecule has 88 valence electrons. The number of hydrogen-bond donors (Lipinski definition) is 1. The Balaban J connectivity index is 2.84. The molecule has 0 bridgehead atoms. The molecule has 16 heavy (non-hydrogen) atoms. The predicted octanol–water partition coefficient (Wildman–Crippen LogP) is 2.19. The topological polar surface area (TPSA) is 49.8 Å². The third kappa shape index (κ3) is 2.97. The van der Waals surface area contributed by atoms with Crippen LogP contribution in [-0.2, 0) is 0 Å². The van der Waals surface area contributed by atoms with Crippen molar-refractivity contribution in [3.63, 3.8) is 0 Å². The number of amides is 1. The molecule has 4 nitrogen and oxygen atoms in total. The summed E-state index contributed by atoms with van der Waals surface area (Å²) >= 11 is 0. The Hall–Kier alpha value is -1.55. The van der Waals surface area contributed by atoms with Gasteiger partial charge in [-0.25, -0.2) is 4.79 Å². The Bertz CT molecular complexity index is 363. The van der Waals surface area contributed by atoms with Crippen LogP contribution in [0.2, 0.25) is 0 Å². The van der Waals surface area contributed by atoms with Gasteiger partial charge in [0, 0.05) is 19.2 Å². The van der Waals surface area contributed by atoms with Crippen LogP contribution in [0.1, 0.15) is 25.5 Å². The average Bonchev–Trinajstić information content (AvgIpc) is 2.28. The molecule has 0 fully saturated rings. The third-order valence-electron chi connectivity index (χ3n) is 2.35. The van der Waals surface area contributed by atoms with Crippen molar-refractivity contribution in [3.05, 3.63) is 29.8 Å². The van der Waals surface area contributed by atoms with Gasteiger partial charge in [0.2, 0.25) is 0 Å². The van der Waals surface area contributed by atoms with Gasteiger partial charge in [0.05, 0.1) is 6.10 Å². The maximum absolute atomic E-state index is 11.5. The van der Waals surface area contributed by atoms with Crippen molar-refractivity contribution < 1.29 is 14.6 Å². The van der Waals surface area contributed by atoms with E-state index in [0.717, 1.165) is 0 Å². The van der Waals surface area contributed by atoms with Crippen molar-refractivity contribution in [1.82, 2.24) is 4.90 Å². The number of para-hydroxylation sites is 1. The van der Waals surface area contributed by atoms with Crippen LogP contribution in [-0.4, -0.2) is 29.7 Å². The fraction of sp³-hybridized carbons (Fsp3) is 0.417. The van der Waals surface area contributed by atoms with E-state index < -0.39 is 12.2 Å². The first-order valence-electron chi connectivity index (χ1n) is 5.26. The molecule has 1 unspecified atom stereocenters. The summed E-state index contributed by atoms with van der Waals surface area (Å²) < 4.78 is 5.19. The zero-order chi connectivity index (χ0) is 12.1. The summed E-state index contributed by atoms with van der Waals surface area (Å²) in [5.41, 5.74) is 0.611. The lowest BCUT2D eigenvalue weighted by Crippen LogP contribution is -2.29. The molecule has 1 atom stereocenters. The van der Waals surface area contributed by atoms with Crippen molar-refractivity contribution >= 4 is 6.09 Å². The number of nitrogens with zero attached hydrogens (tertiary/aromatic N) is 1. The summed E-state index contributed by atoms with van der Waals surface area (Å²) in [4.78, 5) is 13.0. The van der Waals surface area contributed by atoms with Crippen molar-refractivity contribution in [2.75, 3.05) is 13.6 Å². The van der Waals surface area contributed by atoms with Crippen LogP contribution in [0.4, 0.5) is 4.79 Å². The van der Waals surface area contributed by atoms with Crippen LogP contribution in [0.5, 0.6) is 5.75 Å². The zero-order valence-electron chi connectivity index (χ0n) is 9.80. The molecule has 0 aliphatic carbocycles. The van der Waals surface area contributed by atoms with E-state index in [0.29, 0.717) is 17.9 Å². The smallest absolute Gasteiger partial charge is 0.410 e. The summed E-state index contributed by atoms with van der Waals surface area (Å²) in [6.07, 6.45) is -1.08. The summed E-state index contributed by atoms with van der Waals surface area (Å²) in [6.45, 7) is 4.08. The number of carbonyl (C=O) groups is 1. The van der Waals surface area contributed by atoms with Crippen LogP contribution < -0.4 is 4.74 Å². The minimum Gasteiger partial charge on any atom is -0.410 e. The van der Waals surface area contributed by atoms with Crippen molar-refractivity contribution in [2.45, 2.75) is 20.0 Å². The van der Waals surface area contributed by atoms with E-state index in [1.807, 2.05) is 6.92 Å². The van der Waals surface area contributed by atoms with Gasteiger partial charge in [-0.1, -0.05) is 18.2 Å². The monoisotopic (exact) mass is 223 g/mol. The fourth-order valence-electron chi connectivity index (χ4n) is 1.22. The lowest BCUT2D eigenvalue weighted by Gasteiger charge is -2.16. The second-order valence-corrected chi connectivity index (χ2v) is 3.60. The average molecular weight is 223 g/mol. The van der Waals surface area contributed by atoms with Crippen molar-refractivity contribution in [1.29, 1.82) is 0 Å². The molecule has 4 heteroatoms. The quantitative estimate of drug-likeness (QED) is 0.854. The van der Waals surface area contributed by atoms with Gasteiger partial charge in [-0.15, -0.1) is 0 Å². The maximum atomic E-state index is 11.5. The minimum atomic E-state index is -0.657. The summed E-state index contributed by atoms with van der Waals surface area (Å²) in [5.74, 6) is 0.405. The third-order valence-corrected chi connectivity index (χ3v) is 2.35. The highest BCUT2D eigenvalue weighted by Gasteiger charge is 2.14. The number of benzene rings is 1. The second-order valence-electron chi connectivity index (χ2n) is 3.60. The summed E-state index contributed by atoms with van der Waals surface area (Å²) in [7, 11) is 1.66. The summed E-state index contributed by atoms with van der Waals surface area (Å²) in [5, 5.41) is 9.51. The highest BCUT2D eigenvalue weighted by Crippen LogP contribution is 2.24. The Morgan fingerprint density at radius 1 is 1.50 bits per heavy atom. The van der Waals surface area contributed by atoms with E-state index in [1.165, 1.54) is 4.90 Å². The van der Waals surface area contributed by atoms with E-state index in [2.05, 4.69) is 0 Å².